The third kappa shape index (κ3) is 5.90. The number of aryl methyl sites for hydroxylation is 1. The molecule has 0 unspecified atom stereocenters. The maximum Gasteiger partial charge on any atom is 0.255 e. The van der Waals surface area contributed by atoms with Gasteiger partial charge in [0.05, 0.1) is 17.9 Å². The molecular weight excluding hydrogens is 388 g/mol. The summed E-state index contributed by atoms with van der Waals surface area (Å²) in [5.74, 6) is -0.131. The minimum atomic E-state index is -0.131. The molecule has 0 saturated heterocycles. The van der Waals surface area contributed by atoms with Crippen molar-refractivity contribution in [1.29, 1.82) is 0 Å². The van der Waals surface area contributed by atoms with Gasteiger partial charge in [-0.2, -0.15) is 5.10 Å². The van der Waals surface area contributed by atoms with Gasteiger partial charge in [0, 0.05) is 38.5 Å². The van der Waals surface area contributed by atoms with E-state index in [9.17, 15) is 4.79 Å². The van der Waals surface area contributed by atoms with E-state index >= 15 is 0 Å². The third-order valence-electron chi connectivity index (χ3n) is 4.45. The highest BCUT2D eigenvalue weighted by atomic mass is 35.5. The van der Waals surface area contributed by atoms with Crippen molar-refractivity contribution in [1.82, 2.24) is 20.4 Å². The number of carbonyl (C=O) groups excluding carboxylic acids is 1. The predicted octanol–water partition coefficient (Wildman–Crippen LogP) is 3.24. The van der Waals surface area contributed by atoms with E-state index in [-0.39, 0.29) is 18.3 Å². The Morgan fingerprint density at radius 1 is 1.03 bits per heavy atom. The zero-order chi connectivity index (χ0) is 19.8. The van der Waals surface area contributed by atoms with Crippen LogP contribution in [0.1, 0.15) is 15.9 Å². The van der Waals surface area contributed by atoms with E-state index in [0.717, 1.165) is 23.4 Å². The number of rotatable bonds is 9. The van der Waals surface area contributed by atoms with Crippen LogP contribution in [0.4, 0.5) is 0 Å². The van der Waals surface area contributed by atoms with Gasteiger partial charge in [-0.15, -0.1) is 12.4 Å². The van der Waals surface area contributed by atoms with Crippen LogP contribution in [0.2, 0.25) is 0 Å². The lowest BCUT2D eigenvalue weighted by Gasteiger charge is -2.08. The number of carbonyl (C=O) groups is 1. The molecule has 0 saturated carbocycles. The molecule has 0 atom stereocenters. The highest BCUT2D eigenvalue weighted by molar-refractivity contribution is 6.00. The van der Waals surface area contributed by atoms with E-state index in [1.54, 1.807) is 18.0 Å². The van der Waals surface area contributed by atoms with Gasteiger partial charge in [-0.1, -0.05) is 42.5 Å². The van der Waals surface area contributed by atoms with Gasteiger partial charge in [-0.3, -0.25) is 4.79 Å². The second kappa shape index (κ2) is 11.4. The molecule has 2 N–H and O–H groups in total. The second-order valence-electron chi connectivity index (χ2n) is 6.49. The number of benzene rings is 2. The minimum Gasteiger partial charge on any atom is -0.383 e. The van der Waals surface area contributed by atoms with Crippen molar-refractivity contribution in [3.8, 4) is 16.9 Å². The number of ether oxygens (including phenoxy) is 1. The van der Waals surface area contributed by atoms with Crippen LogP contribution in [0, 0.1) is 6.92 Å². The summed E-state index contributed by atoms with van der Waals surface area (Å²) in [6, 6.07) is 17.8. The van der Waals surface area contributed by atoms with Gasteiger partial charge < -0.3 is 15.4 Å². The number of para-hydroxylation sites is 1. The molecule has 3 rings (SSSR count). The van der Waals surface area contributed by atoms with Crippen LogP contribution in [0.25, 0.3) is 16.9 Å². The molecule has 0 aliphatic rings. The normalized spacial score (nSPS) is 10.4. The number of methoxy groups -OCH3 is 1. The quantitative estimate of drug-likeness (QED) is 0.527. The molecule has 0 fully saturated rings. The zero-order valence-corrected chi connectivity index (χ0v) is 17.5. The van der Waals surface area contributed by atoms with Crippen molar-refractivity contribution >= 4 is 18.3 Å². The summed E-state index contributed by atoms with van der Waals surface area (Å²) < 4.78 is 6.76. The summed E-state index contributed by atoms with van der Waals surface area (Å²) >= 11 is 0. The van der Waals surface area contributed by atoms with Crippen LogP contribution in [0.5, 0.6) is 0 Å². The lowest BCUT2D eigenvalue weighted by Crippen LogP contribution is -2.33. The van der Waals surface area contributed by atoms with Gasteiger partial charge in [-0.05, 0) is 24.6 Å². The van der Waals surface area contributed by atoms with Crippen molar-refractivity contribution in [3.63, 3.8) is 0 Å². The Kier molecular flexibility index (Phi) is 8.86. The summed E-state index contributed by atoms with van der Waals surface area (Å²) in [6.07, 6.45) is 1.80. The van der Waals surface area contributed by atoms with E-state index in [1.165, 1.54) is 0 Å². The lowest BCUT2D eigenvalue weighted by molar-refractivity contribution is 0.0954. The molecule has 0 spiro atoms. The highest BCUT2D eigenvalue weighted by Gasteiger charge is 2.19. The molecule has 0 aliphatic carbocycles. The standard InChI is InChI=1S/C22H26N4O2.ClH/c1-17-8-6-7-11-19(17)21-20(22(27)24-13-12-23-14-15-28-2)16-26(25-21)18-9-4-3-5-10-18;/h3-11,16,23H,12-15H2,1-2H3,(H,24,27);1H. The molecule has 0 radical (unpaired) electrons. The first-order valence-electron chi connectivity index (χ1n) is 9.39. The number of hydrogen-bond acceptors (Lipinski definition) is 4. The smallest absolute Gasteiger partial charge is 0.255 e. The molecule has 1 amide bonds. The van der Waals surface area contributed by atoms with Crippen LogP contribution >= 0.6 is 12.4 Å². The molecule has 7 heteroatoms. The van der Waals surface area contributed by atoms with Crippen molar-refractivity contribution in [2.24, 2.45) is 0 Å². The number of nitrogens with zero attached hydrogens (tertiary/aromatic N) is 2. The highest BCUT2D eigenvalue weighted by Crippen LogP contribution is 2.26. The number of aromatic nitrogens is 2. The first-order valence-corrected chi connectivity index (χ1v) is 9.39. The first kappa shape index (κ1) is 22.6. The second-order valence-corrected chi connectivity index (χ2v) is 6.49. The Morgan fingerprint density at radius 3 is 2.48 bits per heavy atom. The summed E-state index contributed by atoms with van der Waals surface area (Å²) in [4.78, 5) is 12.9. The van der Waals surface area contributed by atoms with Gasteiger partial charge in [0.15, 0.2) is 0 Å². The molecule has 1 aromatic heterocycles. The number of halogens is 1. The van der Waals surface area contributed by atoms with Crippen LogP contribution in [0.3, 0.4) is 0 Å². The molecule has 0 aliphatic heterocycles. The fourth-order valence-corrected chi connectivity index (χ4v) is 2.95. The summed E-state index contributed by atoms with van der Waals surface area (Å²) in [5, 5.41) is 10.9. The van der Waals surface area contributed by atoms with Crippen molar-refractivity contribution in [2.45, 2.75) is 6.92 Å². The maximum atomic E-state index is 12.9. The Labute approximate surface area is 177 Å². The fraction of sp³-hybridized carbons (Fsp3) is 0.273. The fourth-order valence-electron chi connectivity index (χ4n) is 2.95. The van der Waals surface area contributed by atoms with Crippen LogP contribution in [-0.4, -0.2) is 49.0 Å². The number of hydrogen-bond donors (Lipinski definition) is 2. The number of nitrogens with one attached hydrogen (secondary N) is 2. The first-order chi connectivity index (χ1) is 13.7. The van der Waals surface area contributed by atoms with E-state index < -0.39 is 0 Å². The molecule has 2 aromatic carbocycles. The van der Waals surface area contributed by atoms with Gasteiger partial charge in [-0.25, -0.2) is 4.68 Å². The van der Waals surface area contributed by atoms with Gasteiger partial charge in [0.2, 0.25) is 0 Å². The van der Waals surface area contributed by atoms with Crippen molar-refractivity contribution in [3.05, 3.63) is 71.9 Å². The topological polar surface area (TPSA) is 68.2 Å². The van der Waals surface area contributed by atoms with Gasteiger partial charge in [0.1, 0.15) is 5.69 Å². The lowest BCUT2D eigenvalue weighted by atomic mass is 10.0. The minimum absolute atomic E-state index is 0. The van der Waals surface area contributed by atoms with E-state index in [0.29, 0.717) is 31.0 Å². The zero-order valence-electron chi connectivity index (χ0n) is 16.7. The average molecular weight is 415 g/mol. The third-order valence-corrected chi connectivity index (χ3v) is 4.45. The van der Waals surface area contributed by atoms with Crippen LogP contribution in [-0.2, 0) is 4.74 Å². The van der Waals surface area contributed by atoms with Gasteiger partial charge >= 0.3 is 0 Å². The van der Waals surface area contributed by atoms with E-state index in [2.05, 4.69) is 10.6 Å². The van der Waals surface area contributed by atoms with Crippen LogP contribution in [0.15, 0.2) is 60.8 Å². The molecule has 6 nitrogen and oxygen atoms in total. The molecule has 0 bridgehead atoms. The summed E-state index contributed by atoms with van der Waals surface area (Å²) in [5.41, 5.74) is 4.20. The Balaban J connectivity index is 0.00000300. The van der Waals surface area contributed by atoms with Crippen molar-refractivity contribution in [2.75, 3.05) is 33.4 Å². The molecule has 29 heavy (non-hydrogen) atoms. The Hall–Kier alpha value is -2.67. The monoisotopic (exact) mass is 414 g/mol. The van der Waals surface area contributed by atoms with Crippen molar-refractivity contribution < 1.29 is 9.53 Å². The van der Waals surface area contributed by atoms with Crippen LogP contribution < -0.4 is 10.6 Å². The maximum absolute atomic E-state index is 12.9. The average Bonchev–Trinajstić information content (AvgIpc) is 3.17. The number of amides is 1. The predicted molar refractivity (Wildman–Crippen MR) is 118 cm³/mol. The molecular formula is C22H27ClN4O2. The Morgan fingerprint density at radius 2 is 1.76 bits per heavy atom. The summed E-state index contributed by atoms with van der Waals surface area (Å²) in [7, 11) is 1.67. The van der Waals surface area contributed by atoms with E-state index in [4.69, 9.17) is 9.84 Å². The van der Waals surface area contributed by atoms with E-state index in [1.807, 2.05) is 61.5 Å². The SMILES string of the molecule is COCCNCCNC(=O)c1cn(-c2ccccc2)nc1-c1ccccc1C.Cl. The summed E-state index contributed by atoms with van der Waals surface area (Å²) in [6.45, 7) is 4.65. The molecule has 1 heterocycles. The van der Waals surface area contributed by atoms with Gasteiger partial charge in [0.25, 0.3) is 5.91 Å². The molecule has 154 valence electrons. The molecule has 3 aromatic rings. The Bertz CT molecular complexity index is 912. The largest absolute Gasteiger partial charge is 0.383 e.